The van der Waals surface area contributed by atoms with Gasteiger partial charge in [0.15, 0.2) is 0 Å². The van der Waals surface area contributed by atoms with E-state index in [-0.39, 0.29) is 18.1 Å². The number of benzene rings is 2. The molecule has 2 heterocycles. The highest BCUT2D eigenvalue weighted by Gasteiger charge is 2.41. The summed E-state index contributed by atoms with van der Waals surface area (Å²) in [6.07, 6.45) is 8.74. The van der Waals surface area contributed by atoms with Crippen LogP contribution in [0.2, 0.25) is 0 Å². The van der Waals surface area contributed by atoms with Gasteiger partial charge in [0.2, 0.25) is 10.0 Å². The zero-order valence-corrected chi connectivity index (χ0v) is 21.0. The third-order valence-corrected chi connectivity index (χ3v) is 10.5. The Labute approximate surface area is 207 Å². The first-order valence-corrected chi connectivity index (χ1v) is 14.0. The van der Waals surface area contributed by atoms with Gasteiger partial charge in [-0.15, -0.1) is 10.2 Å². The van der Waals surface area contributed by atoms with Crippen molar-refractivity contribution in [2.45, 2.75) is 74.7 Å². The van der Waals surface area contributed by atoms with Crippen molar-refractivity contribution in [2.24, 2.45) is 0 Å². The van der Waals surface area contributed by atoms with E-state index in [1.807, 2.05) is 49.4 Å². The number of aliphatic hydroxyl groups excluding tert-OH is 1. The second-order valence-corrected chi connectivity index (χ2v) is 12.3. The van der Waals surface area contributed by atoms with E-state index in [1.165, 1.54) is 0 Å². The van der Waals surface area contributed by atoms with Crippen LogP contribution in [-0.4, -0.2) is 45.2 Å². The zero-order valence-electron chi connectivity index (χ0n) is 20.2. The van der Waals surface area contributed by atoms with Gasteiger partial charge in [-0.2, -0.15) is 4.31 Å². The summed E-state index contributed by atoms with van der Waals surface area (Å²) < 4.78 is 30.8. The van der Waals surface area contributed by atoms with Crippen LogP contribution in [0.25, 0.3) is 0 Å². The Kier molecular flexibility index (Phi) is 6.79. The van der Waals surface area contributed by atoms with Crippen molar-refractivity contribution in [3.63, 3.8) is 0 Å². The number of hydrogen-bond acceptors (Lipinski definition) is 5. The van der Waals surface area contributed by atoms with Crippen molar-refractivity contribution in [2.75, 3.05) is 6.61 Å². The number of aliphatic hydroxyl groups is 1. The molecule has 2 atom stereocenters. The lowest BCUT2D eigenvalue weighted by Crippen LogP contribution is -2.44. The maximum atomic E-state index is 13.6. The fourth-order valence-corrected chi connectivity index (χ4v) is 8.08. The molecule has 1 saturated carbocycles. The van der Waals surface area contributed by atoms with E-state index < -0.39 is 15.3 Å². The molecular formula is C27H34N4O3S. The molecule has 0 bridgehead atoms. The van der Waals surface area contributed by atoms with Crippen LogP contribution in [0.3, 0.4) is 0 Å². The van der Waals surface area contributed by atoms with E-state index in [2.05, 4.69) is 26.9 Å². The number of sulfonamides is 1. The second-order valence-electron chi connectivity index (χ2n) is 10.2. The lowest BCUT2D eigenvalue weighted by Gasteiger charge is -2.40. The molecule has 1 N–H and O–H groups in total. The summed E-state index contributed by atoms with van der Waals surface area (Å²) in [6.45, 7) is 2.48. The molecule has 1 saturated heterocycles. The van der Waals surface area contributed by atoms with Crippen molar-refractivity contribution in [1.29, 1.82) is 0 Å². The molecule has 3 aromatic rings. The maximum absolute atomic E-state index is 13.6. The fourth-order valence-electron chi connectivity index (χ4n) is 5.88. The van der Waals surface area contributed by atoms with Gasteiger partial charge in [-0.25, -0.2) is 8.42 Å². The lowest BCUT2D eigenvalue weighted by atomic mass is 9.68. The van der Waals surface area contributed by atoms with Crippen LogP contribution in [0, 0.1) is 0 Å². The molecule has 2 fully saturated rings. The Morgan fingerprint density at radius 1 is 0.943 bits per heavy atom. The first-order valence-electron chi connectivity index (χ1n) is 12.5. The van der Waals surface area contributed by atoms with Crippen LogP contribution >= 0.6 is 0 Å². The number of hydrogen-bond donors (Lipinski definition) is 1. The molecule has 2 aliphatic rings. The number of rotatable bonds is 6. The molecule has 5 rings (SSSR count). The Hall–Kier alpha value is -2.55. The van der Waals surface area contributed by atoms with Crippen molar-refractivity contribution in [1.82, 2.24) is 19.1 Å². The SMILES string of the molecule is C[C@H]1CC[C@H](c2ccccc2)S(=O)(=O)N1Cc1ccc([C@]2(CO)CC[C@H](n3cnnc3)CC2)cc1. The highest BCUT2D eigenvalue weighted by molar-refractivity contribution is 7.89. The molecule has 7 nitrogen and oxygen atoms in total. The van der Waals surface area contributed by atoms with Crippen LogP contribution in [-0.2, 0) is 22.0 Å². The Morgan fingerprint density at radius 3 is 2.23 bits per heavy atom. The van der Waals surface area contributed by atoms with Crippen LogP contribution in [0.15, 0.2) is 67.3 Å². The van der Waals surface area contributed by atoms with Gasteiger partial charge in [0.1, 0.15) is 17.9 Å². The summed E-state index contributed by atoms with van der Waals surface area (Å²) in [4.78, 5) is 0. The smallest absolute Gasteiger partial charge is 0.221 e. The van der Waals surface area contributed by atoms with Crippen molar-refractivity contribution >= 4 is 10.0 Å². The largest absolute Gasteiger partial charge is 0.395 e. The van der Waals surface area contributed by atoms with Gasteiger partial charge in [-0.05, 0) is 62.1 Å². The first-order chi connectivity index (χ1) is 16.9. The van der Waals surface area contributed by atoms with Gasteiger partial charge in [0, 0.05) is 24.0 Å². The third kappa shape index (κ3) is 4.67. The van der Waals surface area contributed by atoms with E-state index in [9.17, 15) is 13.5 Å². The summed E-state index contributed by atoms with van der Waals surface area (Å²) in [5.41, 5.74) is 2.71. The average Bonchev–Trinajstić information content (AvgIpc) is 3.42. The molecule has 1 aromatic heterocycles. The molecule has 1 aliphatic heterocycles. The van der Waals surface area contributed by atoms with E-state index in [4.69, 9.17) is 0 Å². The minimum atomic E-state index is -3.46. The Balaban J connectivity index is 1.31. The number of nitrogens with zero attached hydrogens (tertiary/aromatic N) is 4. The summed E-state index contributed by atoms with van der Waals surface area (Å²) in [6, 6.07) is 18.1. The molecule has 8 heteroatoms. The van der Waals surface area contributed by atoms with E-state index in [0.29, 0.717) is 19.0 Å². The molecule has 0 radical (unpaired) electrons. The lowest BCUT2D eigenvalue weighted by molar-refractivity contribution is 0.132. The Morgan fingerprint density at radius 2 is 1.60 bits per heavy atom. The first kappa shape index (κ1) is 24.2. The molecular weight excluding hydrogens is 460 g/mol. The molecule has 1 aliphatic carbocycles. The molecule has 186 valence electrons. The predicted molar refractivity (Wildman–Crippen MR) is 135 cm³/mol. The Bertz CT molecular complexity index is 1210. The minimum Gasteiger partial charge on any atom is -0.395 e. The highest BCUT2D eigenvalue weighted by Crippen LogP contribution is 2.43. The van der Waals surface area contributed by atoms with E-state index in [0.717, 1.165) is 48.8 Å². The second kappa shape index (κ2) is 9.84. The standard InChI is InChI=1S/C27H34N4O3S/c1-21-7-12-26(23-5-3-2-4-6-23)35(33,34)31(21)17-22-8-10-24(11-9-22)27(18-32)15-13-25(14-16-27)30-19-28-29-20-30/h2-6,8-11,19-21,25-26,32H,7,12-18H2,1H3/t21-,25-,26+,27+/m0/s1. The van der Waals surface area contributed by atoms with Gasteiger partial charge in [-0.3, -0.25) is 0 Å². The van der Waals surface area contributed by atoms with Crippen LogP contribution in [0.5, 0.6) is 0 Å². The third-order valence-electron chi connectivity index (χ3n) is 8.17. The van der Waals surface area contributed by atoms with E-state index in [1.54, 1.807) is 17.0 Å². The van der Waals surface area contributed by atoms with Crippen LogP contribution < -0.4 is 0 Å². The van der Waals surface area contributed by atoms with Gasteiger partial charge >= 0.3 is 0 Å². The summed E-state index contributed by atoms with van der Waals surface area (Å²) in [5, 5.41) is 17.7. The molecule has 35 heavy (non-hydrogen) atoms. The summed E-state index contributed by atoms with van der Waals surface area (Å²) >= 11 is 0. The van der Waals surface area contributed by atoms with Gasteiger partial charge in [-0.1, -0.05) is 54.6 Å². The summed E-state index contributed by atoms with van der Waals surface area (Å²) in [7, 11) is -3.46. The normalized spacial score (nSPS) is 29.1. The van der Waals surface area contributed by atoms with Crippen molar-refractivity contribution in [3.8, 4) is 0 Å². The van der Waals surface area contributed by atoms with Crippen LogP contribution in [0.4, 0.5) is 0 Å². The number of aromatic nitrogens is 3. The van der Waals surface area contributed by atoms with Gasteiger partial charge in [0.05, 0.1) is 6.61 Å². The highest BCUT2D eigenvalue weighted by atomic mass is 32.2. The van der Waals surface area contributed by atoms with Gasteiger partial charge < -0.3 is 9.67 Å². The molecule has 0 spiro atoms. The van der Waals surface area contributed by atoms with Crippen LogP contribution in [0.1, 0.15) is 73.4 Å². The average molecular weight is 495 g/mol. The fraction of sp³-hybridized carbons (Fsp3) is 0.481. The zero-order chi connectivity index (χ0) is 24.5. The monoisotopic (exact) mass is 494 g/mol. The quantitative estimate of drug-likeness (QED) is 0.549. The summed E-state index contributed by atoms with van der Waals surface area (Å²) in [5.74, 6) is 0. The maximum Gasteiger partial charge on any atom is 0.221 e. The van der Waals surface area contributed by atoms with E-state index >= 15 is 0 Å². The molecule has 0 unspecified atom stereocenters. The van der Waals surface area contributed by atoms with Gasteiger partial charge in [0.25, 0.3) is 0 Å². The van der Waals surface area contributed by atoms with Crippen molar-refractivity contribution < 1.29 is 13.5 Å². The minimum absolute atomic E-state index is 0.0311. The molecule has 0 amide bonds. The topological polar surface area (TPSA) is 88.3 Å². The van der Waals surface area contributed by atoms with Crippen molar-refractivity contribution in [3.05, 3.63) is 83.9 Å². The predicted octanol–water partition coefficient (Wildman–Crippen LogP) is 4.38. The molecule has 2 aromatic carbocycles.